The third-order valence-electron chi connectivity index (χ3n) is 4.45. The number of hydrogen-bond donors (Lipinski definition) is 1. The molecule has 0 amide bonds. The number of hydrogen-bond acceptors (Lipinski definition) is 3. The van der Waals surface area contributed by atoms with Crippen molar-refractivity contribution in [1.29, 1.82) is 0 Å². The van der Waals surface area contributed by atoms with E-state index in [1.807, 2.05) is 38.4 Å². The fourth-order valence-corrected chi connectivity index (χ4v) is 3.20. The van der Waals surface area contributed by atoms with Gasteiger partial charge >= 0.3 is 0 Å². The van der Waals surface area contributed by atoms with Crippen molar-refractivity contribution in [2.75, 3.05) is 40.4 Å². The van der Waals surface area contributed by atoms with Crippen LogP contribution in [0, 0.1) is 0 Å². The predicted octanol–water partition coefficient (Wildman–Crippen LogP) is 2.46. The highest BCUT2D eigenvalue weighted by Crippen LogP contribution is 2.12. The molecular formula is C18H29ClN4O. The Morgan fingerprint density at radius 2 is 2.17 bits per heavy atom. The minimum absolute atomic E-state index is 0.435. The van der Waals surface area contributed by atoms with Crippen LogP contribution < -0.4 is 5.32 Å². The molecule has 5 nitrogen and oxygen atoms in total. The largest absolute Gasteiger partial charge is 0.379 e. The van der Waals surface area contributed by atoms with Crippen LogP contribution in [0.4, 0.5) is 0 Å². The molecule has 0 spiro atoms. The molecule has 1 fully saturated rings. The van der Waals surface area contributed by atoms with Crippen LogP contribution in [-0.2, 0) is 11.3 Å². The molecule has 0 aromatic heterocycles. The SMILES string of the molecule is CN=C(NCC(C)N1CCOCC1C)N(C)Cc1ccc(Cl)cc1. The molecule has 2 unspecified atom stereocenters. The van der Waals surface area contributed by atoms with Crippen molar-refractivity contribution in [1.82, 2.24) is 15.1 Å². The Labute approximate surface area is 150 Å². The van der Waals surface area contributed by atoms with Gasteiger partial charge in [-0.1, -0.05) is 23.7 Å². The van der Waals surface area contributed by atoms with Crippen LogP contribution in [-0.4, -0.2) is 68.2 Å². The summed E-state index contributed by atoms with van der Waals surface area (Å²) in [5.41, 5.74) is 1.21. The first-order valence-electron chi connectivity index (χ1n) is 8.51. The van der Waals surface area contributed by atoms with Gasteiger partial charge in [0.1, 0.15) is 0 Å². The lowest BCUT2D eigenvalue weighted by Gasteiger charge is -2.38. The normalized spacial score (nSPS) is 20.7. The van der Waals surface area contributed by atoms with Crippen molar-refractivity contribution in [3.63, 3.8) is 0 Å². The van der Waals surface area contributed by atoms with Crippen LogP contribution in [0.15, 0.2) is 29.3 Å². The summed E-state index contributed by atoms with van der Waals surface area (Å²) in [4.78, 5) is 9.01. The number of aliphatic imine (C=N–C) groups is 1. The second kappa shape index (κ2) is 9.25. The summed E-state index contributed by atoms with van der Waals surface area (Å²) in [6.45, 7) is 8.75. The Balaban J connectivity index is 1.85. The standard InChI is InChI=1S/C18H29ClN4O/c1-14(23-9-10-24-13-15(23)2)11-21-18(20-3)22(4)12-16-5-7-17(19)8-6-16/h5-8,14-15H,9-13H2,1-4H3,(H,20,21). The predicted molar refractivity (Wildman–Crippen MR) is 101 cm³/mol. The van der Waals surface area contributed by atoms with Gasteiger partial charge in [-0.15, -0.1) is 0 Å². The molecule has 1 aliphatic heterocycles. The highest BCUT2D eigenvalue weighted by molar-refractivity contribution is 6.30. The summed E-state index contributed by atoms with van der Waals surface area (Å²) in [5.74, 6) is 0.901. The number of ether oxygens (including phenoxy) is 1. The smallest absolute Gasteiger partial charge is 0.193 e. The fourth-order valence-electron chi connectivity index (χ4n) is 3.07. The van der Waals surface area contributed by atoms with E-state index < -0.39 is 0 Å². The Morgan fingerprint density at radius 3 is 2.79 bits per heavy atom. The zero-order valence-electron chi connectivity index (χ0n) is 15.1. The molecule has 24 heavy (non-hydrogen) atoms. The van der Waals surface area contributed by atoms with Gasteiger partial charge in [0, 0.05) is 50.8 Å². The van der Waals surface area contributed by atoms with Crippen LogP contribution in [0.3, 0.4) is 0 Å². The monoisotopic (exact) mass is 352 g/mol. The zero-order chi connectivity index (χ0) is 17.5. The molecule has 134 valence electrons. The van der Waals surface area contributed by atoms with Gasteiger partial charge in [-0.05, 0) is 31.5 Å². The topological polar surface area (TPSA) is 40.1 Å². The molecule has 1 N–H and O–H groups in total. The third-order valence-corrected chi connectivity index (χ3v) is 4.70. The summed E-state index contributed by atoms with van der Waals surface area (Å²) in [6.07, 6.45) is 0. The maximum absolute atomic E-state index is 5.94. The molecule has 0 radical (unpaired) electrons. The van der Waals surface area contributed by atoms with Gasteiger partial charge in [-0.25, -0.2) is 0 Å². The molecule has 0 bridgehead atoms. The summed E-state index contributed by atoms with van der Waals surface area (Å²) >= 11 is 5.94. The van der Waals surface area contributed by atoms with Crippen molar-refractivity contribution < 1.29 is 4.74 Å². The quantitative estimate of drug-likeness (QED) is 0.652. The van der Waals surface area contributed by atoms with Crippen LogP contribution in [0.2, 0.25) is 5.02 Å². The van der Waals surface area contributed by atoms with Crippen molar-refractivity contribution >= 4 is 17.6 Å². The van der Waals surface area contributed by atoms with Gasteiger partial charge in [0.25, 0.3) is 0 Å². The van der Waals surface area contributed by atoms with E-state index in [2.05, 4.69) is 34.0 Å². The average Bonchev–Trinajstić information content (AvgIpc) is 2.57. The highest BCUT2D eigenvalue weighted by Gasteiger charge is 2.23. The third kappa shape index (κ3) is 5.36. The first-order valence-corrected chi connectivity index (χ1v) is 8.88. The van der Waals surface area contributed by atoms with E-state index in [1.165, 1.54) is 5.56 Å². The Morgan fingerprint density at radius 1 is 1.46 bits per heavy atom. The van der Waals surface area contributed by atoms with Crippen LogP contribution in [0.1, 0.15) is 19.4 Å². The Kier molecular flexibility index (Phi) is 7.34. The van der Waals surface area contributed by atoms with Crippen LogP contribution in [0.25, 0.3) is 0 Å². The minimum Gasteiger partial charge on any atom is -0.379 e. The van der Waals surface area contributed by atoms with E-state index in [0.29, 0.717) is 12.1 Å². The van der Waals surface area contributed by atoms with Gasteiger partial charge < -0.3 is 15.0 Å². The molecule has 6 heteroatoms. The van der Waals surface area contributed by atoms with Crippen molar-refractivity contribution in [2.45, 2.75) is 32.5 Å². The molecule has 0 saturated carbocycles. The second-order valence-electron chi connectivity index (χ2n) is 6.42. The molecule has 1 aliphatic rings. The van der Waals surface area contributed by atoms with E-state index in [9.17, 15) is 0 Å². The molecule has 0 aliphatic carbocycles. The number of halogens is 1. The second-order valence-corrected chi connectivity index (χ2v) is 6.86. The number of morpholine rings is 1. The first kappa shape index (κ1) is 19.0. The zero-order valence-corrected chi connectivity index (χ0v) is 15.9. The van der Waals surface area contributed by atoms with E-state index in [1.54, 1.807) is 0 Å². The molecule has 2 atom stereocenters. The molecule has 1 aromatic rings. The average molecular weight is 353 g/mol. The highest BCUT2D eigenvalue weighted by atomic mass is 35.5. The summed E-state index contributed by atoms with van der Waals surface area (Å²) < 4.78 is 5.52. The van der Waals surface area contributed by atoms with E-state index in [0.717, 1.165) is 43.8 Å². The Bertz CT molecular complexity index is 534. The van der Waals surface area contributed by atoms with Gasteiger partial charge in [0.05, 0.1) is 13.2 Å². The number of guanidine groups is 1. The number of nitrogens with one attached hydrogen (secondary N) is 1. The van der Waals surface area contributed by atoms with Gasteiger partial charge in [0.2, 0.25) is 0 Å². The molecular weight excluding hydrogens is 324 g/mol. The lowest BCUT2D eigenvalue weighted by atomic mass is 10.2. The fraction of sp³-hybridized carbons (Fsp3) is 0.611. The maximum Gasteiger partial charge on any atom is 0.193 e. The van der Waals surface area contributed by atoms with Gasteiger partial charge in [-0.2, -0.15) is 0 Å². The minimum atomic E-state index is 0.435. The summed E-state index contributed by atoms with van der Waals surface area (Å²) in [5, 5.41) is 4.25. The number of rotatable bonds is 5. The molecule has 1 heterocycles. The van der Waals surface area contributed by atoms with Gasteiger partial charge in [-0.3, -0.25) is 9.89 Å². The lowest BCUT2D eigenvalue weighted by molar-refractivity contribution is -0.0175. The van der Waals surface area contributed by atoms with Crippen LogP contribution in [0.5, 0.6) is 0 Å². The van der Waals surface area contributed by atoms with Gasteiger partial charge in [0.15, 0.2) is 5.96 Å². The maximum atomic E-state index is 5.94. The first-order chi connectivity index (χ1) is 11.5. The van der Waals surface area contributed by atoms with Crippen molar-refractivity contribution in [3.8, 4) is 0 Å². The van der Waals surface area contributed by atoms with E-state index in [-0.39, 0.29) is 0 Å². The van der Waals surface area contributed by atoms with E-state index in [4.69, 9.17) is 16.3 Å². The number of benzene rings is 1. The lowest BCUT2D eigenvalue weighted by Crippen LogP contribution is -2.53. The van der Waals surface area contributed by atoms with E-state index >= 15 is 0 Å². The number of nitrogens with zero attached hydrogens (tertiary/aromatic N) is 3. The molecule has 1 aromatic carbocycles. The molecule has 2 rings (SSSR count). The summed E-state index contributed by atoms with van der Waals surface area (Å²) in [7, 11) is 3.87. The van der Waals surface area contributed by atoms with Crippen molar-refractivity contribution in [3.05, 3.63) is 34.9 Å². The van der Waals surface area contributed by atoms with Crippen LogP contribution >= 0.6 is 11.6 Å². The van der Waals surface area contributed by atoms with Crippen molar-refractivity contribution in [2.24, 2.45) is 4.99 Å². The summed E-state index contributed by atoms with van der Waals surface area (Å²) in [6, 6.07) is 8.83. The Hall–Kier alpha value is -1.30. The molecule has 1 saturated heterocycles.